The molecule has 1 heterocycles. The topological polar surface area (TPSA) is 97.3 Å². The molecule has 7 heteroatoms. The van der Waals surface area contributed by atoms with Crippen molar-refractivity contribution in [2.45, 2.75) is 13.5 Å². The fourth-order valence-electron chi connectivity index (χ4n) is 3.04. The Hall–Kier alpha value is -4.13. The van der Waals surface area contributed by atoms with E-state index >= 15 is 0 Å². The van der Waals surface area contributed by atoms with E-state index < -0.39 is 4.92 Å². The first-order valence-electron chi connectivity index (χ1n) is 9.35. The van der Waals surface area contributed by atoms with E-state index in [1.54, 1.807) is 36.4 Å². The number of benzene rings is 3. The molecule has 0 unspecified atom stereocenters. The monoisotopic (exact) mass is 401 g/mol. The normalized spacial score (nSPS) is 10.7. The van der Waals surface area contributed by atoms with E-state index in [1.165, 1.54) is 17.7 Å². The fraction of sp³-hybridized carbons (Fsp3) is 0.0870. The first-order chi connectivity index (χ1) is 14.5. The van der Waals surface area contributed by atoms with Gasteiger partial charge in [-0.3, -0.25) is 14.9 Å². The Labute approximate surface area is 172 Å². The molecule has 0 saturated carbocycles. The molecule has 150 valence electrons. The molecule has 30 heavy (non-hydrogen) atoms. The highest BCUT2D eigenvalue weighted by Crippen LogP contribution is 2.23. The van der Waals surface area contributed by atoms with Crippen molar-refractivity contribution in [1.29, 1.82) is 0 Å². The van der Waals surface area contributed by atoms with Gasteiger partial charge in [0, 0.05) is 28.7 Å². The quantitative estimate of drug-likeness (QED) is 0.342. The van der Waals surface area contributed by atoms with Crippen LogP contribution in [0.25, 0.3) is 10.9 Å². The summed E-state index contributed by atoms with van der Waals surface area (Å²) in [6.07, 6.45) is 0. The third-order valence-corrected chi connectivity index (χ3v) is 4.70. The van der Waals surface area contributed by atoms with Gasteiger partial charge < -0.3 is 15.0 Å². The van der Waals surface area contributed by atoms with Crippen LogP contribution >= 0.6 is 0 Å². The summed E-state index contributed by atoms with van der Waals surface area (Å²) < 4.78 is 5.77. The number of rotatable bonds is 6. The Morgan fingerprint density at radius 3 is 2.47 bits per heavy atom. The van der Waals surface area contributed by atoms with E-state index in [-0.39, 0.29) is 11.6 Å². The van der Waals surface area contributed by atoms with Crippen LogP contribution in [0.3, 0.4) is 0 Å². The minimum absolute atomic E-state index is 0.0188. The number of aromatic amines is 1. The molecule has 4 rings (SSSR count). The third kappa shape index (κ3) is 4.30. The smallest absolute Gasteiger partial charge is 0.272 e. The van der Waals surface area contributed by atoms with Crippen LogP contribution in [-0.2, 0) is 6.61 Å². The number of nitrogens with zero attached hydrogens (tertiary/aromatic N) is 1. The average Bonchev–Trinajstić information content (AvgIpc) is 3.18. The molecule has 0 bridgehead atoms. The molecule has 0 spiro atoms. The zero-order valence-electron chi connectivity index (χ0n) is 16.2. The number of hydrogen-bond acceptors (Lipinski definition) is 4. The van der Waals surface area contributed by atoms with E-state index in [4.69, 9.17) is 4.74 Å². The predicted molar refractivity (Wildman–Crippen MR) is 115 cm³/mol. The number of amides is 1. The van der Waals surface area contributed by atoms with Crippen molar-refractivity contribution >= 4 is 28.2 Å². The second-order valence-corrected chi connectivity index (χ2v) is 6.96. The van der Waals surface area contributed by atoms with Crippen LogP contribution in [0, 0.1) is 17.0 Å². The highest BCUT2D eigenvalue weighted by atomic mass is 16.6. The highest BCUT2D eigenvalue weighted by Gasteiger charge is 2.13. The van der Waals surface area contributed by atoms with Gasteiger partial charge in [-0.1, -0.05) is 29.8 Å². The van der Waals surface area contributed by atoms with E-state index in [2.05, 4.69) is 10.3 Å². The molecule has 2 N–H and O–H groups in total. The number of hydrogen-bond donors (Lipinski definition) is 2. The molecule has 7 nitrogen and oxygen atoms in total. The molecule has 4 aromatic rings. The second-order valence-electron chi connectivity index (χ2n) is 6.96. The molecule has 0 aliphatic rings. The maximum absolute atomic E-state index is 12.5. The number of fused-ring (bicyclic) bond motifs is 1. The summed E-state index contributed by atoms with van der Waals surface area (Å²) in [4.78, 5) is 25.9. The number of carbonyl (C=O) groups excluding carboxylic acids is 1. The molecule has 0 saturated heterocycles. The Balaban J connectivity index is 1.40. The van der Waals surface area contributed by atoms with E-state index in [1.807, 2.05) is 31.2 Å². The maximum Gasteiger partial charge on any atom is 0.272 e. The summed E-state index contributed by atoms with van der Waals surface area (Å²) in [5.41, 5.74) is 3.86. The van der Waals surface area contributed by atoms with Crippen molar-refractivity contribution in [3.05, 3.63) is 99.7 Å². The standard InChI is InChI=1S/C23H19N3O4/c1-15-2-4-16(5-3-15)14-30-20-9-6-18(7-10-20)24-23(27)22-13-17-12-19(26(28)29)8-11-21(17)25-22/h2-13,25H,14H2,1H3,(H,24,27). The van der Waals surface area contributed by atoms with Crippen molar-refractivity contribution < 1.29 is 14.5 Å². The van der Waals surface area contributed by atoms with Crippen molar-refractivity contribution in [3.8, 4) is 5.75 Å². The number of anilines is 1. The number of ether oxygens (including phenoxy) is 1. The maximum atomic E-state index is 12.5. The number of H-pyrrole nitrogens is 1. The molecule has 0 radical (unpaired) electrons. The molecule has 1 amide bonds. The summed E-state index contributed by atoms with van der Waals surface area (Å²) >= 11 is 0. The predicted octanol–water partition coefficient (Wildman–Crippen LogP) is 5.22. The van der Waals surface area contributed by atoms with Crippen molar-refractivity contribution in [3.63, 3.8) is 0 Å². The summed E-state index contributed by atoms with van der Waals surface area (Å²) in [5.74, 6) is 0.369. The summed E-state index contributed by atoms with van der Waals surface area (Å²) in [5, 5.41) is 14.3. The lowest BCUT2D eigenvalue weighted by molar-refractivity contribution is -0.384. The first kappa shape index (κ1) is 19.2. The minimum atomic E-state index is -0.464. The van der Waals surface area contributed by atoms with E-state index in [9.17, 15) is 14.9 Å². The molecule has 0 aliphatic carbocycles. The number of carbonyl (C=O) groups is 1. The third-order valence-electron chi connectivity index (χ3n) is 4.70. The van der Waals surface area contributed by atoms with Gasteiger partial charge in [0.2, 0.25) is 0 Å². The summed E-state index contributed by atoms with van der Waals surface area (Å²) in [7, 11) is 0. The first-order valence-corrected chi connectivity index (χ1v) is 9.35. The number of nitrogens with one attached hydrogen (secondary N) is 2. The molecule has 0 fully saturated rings. The number of aromatic nitrogens is 1. The number of nitro groups is 1. The Bertz CT molecular complexity index is 1210. The number of aryl methyl sites for hydroxylation is 1. The lowest BCUT2D eigenvalue weighted by atomic mass is 10.2. The largest absolute Gasteiger partial charge is 0.489 e. The van der Waals surface area contributed by atoms with E-state index in [0.29, 0.717) is 34.6 Å². The molecular weight excluding hydrogens is 382 g/mol. The van der Waals surface area contributed by atoms with Crippen LogP contribution in [-0.4, -0.2) is 15.8 Å². The Kier molecular flexibility index (Phi) is 5.17. The lowest BCUT2D eigenvalue weighted by Crippen LogP contribution is -2.12. The molecule has 1 aromatic heterocycles. The molecule has 3 aromatic carbocycles. The number of non-ortho nitro benzene ring substituents is 1. The van der Waals surface area contributed by atoms with Gasteiger partial charge >= 0.3 is 0 Å². The van der Waals surface area contributed by atoms with Gasteiger partial charge in [0.1, 0.15) is 18.1 Å². The van der Waals surface area contributed by atoms with Crippen molar-refractivity contribution in [2.24, 2.45) is 0 Å². The zero-order chi connectivity index (χ0) is 21.1. The Morgan fingerprint density at radius 1 is 1.03 bits per heavy atom. The van der Waals surface area contributed by atoms with Crippen LogP contribution in [0.2, 0.25) is 0 Å². The SMILES string of the molecule is Cc1ccc(COc2ccc(NC(=O)c3cc4cc([N+](=O)[O-])ccc4[nH]3)cc2)cc1. The molecular formula is C23H19N3O4. The minimum Gasteiger partial charge on any atom is -0.489 e. The van der Waals surface area contributed by atoms with Gasteiger partial charge in [0.15, 0.2) is 0 Å². The highest BCUT2D eigenvalue weighted by molar-refractivity contribution is 6.06. The van der Waals surface area contributed by atoms with Crippen LogP contribution in [0.5, 0.6) is 5.75 Å². The summed E-state index contributed by atoms with van der Waals surface area (Å²) in [6, 6.07) is 21.2. The van der Waals surface area contributed by atoms with Gasteiger partial charge in [-0.25, -0.2) is 0 Å². The van der Waals surface area contributed by atoms with Crippen LogP contribution in [0.15, 0.2) is 72.8 Å². The van der Waals surface area contributed by atoms with Gasteiger partial charge in [0.05, 0.1) is 4.92 Å². The van der Waals surface area contributed by atoms with Crippen LogP contribution in [0.1, 0.15) is 21.6 Å². The molecule has 0 atom stereocenters. The van der Waals surface area contributed by atoms with Gasteiger partial charge in [0.25, 0.3) is 11.6 Å². The Morgan fingerprint density at radius 2 is 1.77 bits per heavy atom. The van der Waals surface area contributed by atoms with Crippen molar-refractivity contribution in [2.75, 3.05) is 5.32 Å². The van der Waals surface area contributed by atoms with E-state index in [0.717, 1.165) is 5.56 Å². The zero-order valence-corrected chi connectivity index (χ0v) is 16.2. The molecule has 0 aliphatic heterocycles. The van der Waals surface area contributed by atoms with Gasteiger partial charge in [-0.2, -0.15) is 0 Å². The van der Waals surface area contributed by atoms with Crippen molar-refractivity contribution in [1.82, 2.24) is 4.98 Å². The second kappa shape index (κ2) is 8.08. The lowest BCUT2D eigenvalue weighted by Gasteiger charge is -2.08. The van der Waals surface area contributed by atoms with Gasteiger partial charge in [-0.15, -0.1) is 0 Å². The average molecular weight is 401 g/mol. The number of nitro benzene ring substituents is 1. The van der Waals surface area contributed by atoms with Crippen LogP contribution in [0.4, 0.5) is 11.4 Å². The van der Waals surface area contributed by atoms with Gasteiger partial charge in [-0.05, 0) is 48.9 Å². The fourth-order valence-corrected chi connectivity index (χ4v) is 3.04. The van der Waals surface area contributed by atoms with Crippen LogP contribution < -0.4 is 10.1 Å². The summed E-state index contributed by atoms with van der Waals surface area (Å²) in [6.45, 7) is 2.50.